The van der Waals surface area contributed by atoms with Gasteiger partial charge in [-0.15, -0.1) is 0 Å². The van der Waals surface area contributed by atoms with Crippen LogP contribution in [0.15, 0.2) is 66.7 Å². The molecule has 3 rings (SSSR count). The van der Waals surface area contributed by atoms with Gasteiger partial charge >= 0.3 is 18.2 Å². The lowest BCUT2D eigenvalue weighted by atomic mass is 9.94. The molecule has 0 heterocycles. The second-order valence-electron chi connectivity index (χ2n) is 8.91. The predicted molar refractivity (Wildman–Crippen MR) is 143 cm³/mol. The fourth-order valence-corrected chi connectivity index (χ4v) is 4.08. The van der Waals surface area contributed by atoms with E-state index in [9.17, 15) is 27.6 Å². The maximum absolute atomic E-state index is 13.7. The van der Waals surface area contributed by atoms with E-state index in [1.165, 1.54) is 18.1 Å². The second-order valence-corrected chi connectivity index (χ2v) is 8.91. The summed E-state index contributed by atoms with van der Waals surface area (Å²) in [5.41, 5.74) is 1.56. The van der Waals surface area contributed by atoms with Crippen LogP contribution < -0.4 is 15.4 Å². The van der Waals surface area contributed by atoms with Gasteiger partial charge in [-0.3, -0.25) is 9.59 Å². The summed E-state index contributed by atoms with van der Waals surface area (Å²) in [6, 6.07) is 16.9. The SMILES string of the molecule is CCN(Cc1cc(C(F)(F)F)ccc1-c1cc(CC(=O)NCC(=O)O)ccc1OC)C(=O)NCc1ccccc1. The molecule has 0 radical (unpaired) electrons. The lowest BCUT2D eigenvalue weighted by molar-refractivity contribution is -0.138. The van der Waals surface area contributed by atoms with E-state index in [1.807, 2.05) is 30.3 Å². The van der Waals surface area contributed by atoms with Crippen LogP contribution in [0.3, 0.4) is 0 Å². The number of methoxy groups -OCH3 is 1. The summed E-state index contributed by atoms with van der Waals surface area (Å²) in [5, 5.41) is 13.9. The van der Waals surface area contributed by atoms with Gasteiger partial charge in [0.2, 0.25) is 5.91 Å². The van der Waals surface area contributed by atoms with Crippen LogP contribution in [0.5, 0.6) is 5.75 Å². The number of nitrogens with zero attached hydrogens (tertiary/aromatic N) is 1. The van der Waals surface area contributed by atoms with Crippen molar-refractivity contribution in [2.75, 3.05) is 20.2 Å². The largest absolute Gasteiger partial charge is 0.496 e. The first-order chi connectivity index (χ1) is 19.0. The summed E-state index contributed by atoms with van der Waals surface area (Å²) in [5.74, 6) is -1.36. The Hall–Kier alpha value is -4.54. The second kappa shape index (κ2) is 13.5. The highest BCUT2D eigenvalue weighted by Crippen LogP contribution is 2.38. The molecule has 0 unspecified atom stereocenters. The number of hydrogen-bond donors (Lipinski definition) is 3. The molecule has 0 atom stereocenters. The van der Waals surface area contributed by atoms with Crippen LogP contribution in [0.4, 0.5) is 18.0 Å². The number of carbonyl (C=O) groups is 3. The van der Waals surface area contributed by atoms with E-state index < -0.39 is 36.2 Å². The molecule has 0 aliphatic rings. The molecular weight excluding hydrogens is 527 g/mol. The minimum atomic E-state index is -4.60. The molecule has 11 heteroatoms. The predicted octanol–water partition coefficient (Wildman–Crippen LogP) is 4.86. The quantitative estimate of drug-likeness (QED) is 0.312. The lowest BCUT2D eigenvalue weighted by Gasteiger charge is -2.24. The van der Waals surface area contributed by atoms with Crippen LogP contribution in [-0.4, -0.2) is 48.1 Å². The maximum Gasteiger partial charge on any atom is 0.416 e. The summed E-state index contributed by atoms with van der Waals surface area (Å²) < 4.78 is 46.5. The standard InChI is InChI=1S/C29H30F3N3O5/c1-3-35(28(39)34-16-19-7-5-4-6-8-19)18-21-15-22(29(30,31)32)10-11-23(21)24-13-20(9-12-25(24)40-2)14-26(36)33-17-27(37)38/h4-13,15H,3,14,16-18H2,1-2H3,(H,33,36)(H,34,39)(H,37,38). The molecule has 0 saturated carbocycles. The van der Waals surface area contributed by atoms with Crippen LogP contribution in [0.2, 0.25) is 0 Å². The molecule has 3 aromatic rings. The zero-order valence-electron chi connectivity index (χ0n) is 22.0. The van der Waals surface area contributed by atoms with Gasteiger partial charge in [-0.2, -0.15) is 13.2 Å². The maximum atomic E-state index is 13.7. The molecule has 3 aromatic carbocycles. The van der Waals surface area contributed by atoms with Crippen molar-refractivity contribution in [2.45, 2.75) is 32.6 Å². The van der Waals surface area contributed by atoms with E-state index >= 15 is 0 Å². The number of carboxylic acid groups (broad SMARTS) is 1. The number of rotatable bonds is 11. The smallest absolute Gasteiger partial charge is 0.416 e. The Morgan fingerprint density at radius 3 is 2.27 bits per heavy atom. The van der Waals surface area contributed by atoms with Gasteiger partial charge in [0.1, 0.15) is 12.3 Å². The summed E-state index contributed by atoms with van der Waals surface area (Å²) in [6.45, 7) is 1.56. The third-order valence-electron chi connectivity index (χ3n) is 6.10. The highest BCUT2D eigenvalue weighted by molar-refractivity contribution is 5.84. The number of benzene rings is 3. The average Bonchev–Trinajstić information content (AvgIpc) is 2.93. The van der Waals surface area contributed by atoms with E-state index in [1.54, 1.807) is 25.1 Å². The van der Waals surface area contributed by atoms with Crippen molar-refractivity contribution >= 4 is 17.9 Å². The van der Waals surface area contributed by atoms with Gasteiger partial charge in [-0.25, -0.2) is 4.79 Å². The number of hydrogen-bond acceptors (Lipinski definition) is 4. The molecule has 0 fully saturated rings. The van der Waals surface area contributed by atoms with Gasteiger partial charge in [0, 0.05) is 25.2 Å². The van der Waals surface area contributed by atoms with Crippen LogP contribution in [-0.2, 0) is 35.3 Å². The third-order valence-corrected chi connectivity index (χ3v) is 6.10. The molecule has 0 aliphatic carbocycles. The van der Waals surface area contributed by atoms with Crippen molar-refractivity contribution in [1.29, 1.82) is 0 Å². The normalized spacial score (nSPS) is 11.0. The Bertz CT molecular complexity index is 1350. The van der Waals surface area contributed by atoms with E-state index in [0.717, 1.165) is 17.7 Å². The molecule has 0 saturated heterocycles. The van der Waals surface area contributed by atoms with E-state index in [-0.39, 0.29) is 31.6 Å². The number of amides is 3. The molecule has 0 spiro atoms. The fourth-order valence-electron chi connectivity index (χ4n) is 4.08. The number of halogens is 3. The van der Waals surface area contributed by atoms with Crippen LogP contribution in [0.25, 0.3) is 11.1 Å². The number of aliphatic carboxylic acids is 1. The molecule has 40 heavy (non-hydrogen) atoms. The van der Waals surface area contributed by atoms with Gasteiger partial charge in [0.05, 0.1) is 19.1 Å². The van der Waals surface area contributed by atoms with Crippen LogP contribution in [0.1, 0.15) is 29.2 Å². The monoisotopic (exact) mass is 557 g/mol. The number of alkyl halides is 3. The summed E-state index contributed by atoms with van der Waals surface area (Å²) in [7, 11) is 1.41. The van der Waals surface area contributed by atoms with Gasteiger partial charge < -0.3 is 25.4 Å². The number of ether oxygens (including phenoxy) is 1. The zero-order valence-corrected chi connectivity index (χ0v) is 22.0. The first kappa shape index (κ1) is 30.0. The number of carboxylic acids is 1. The zero-order chi connectivity index (χ0) is 29.3. The van der Waals surface area contributed by atoms with Gasteiger partial charge in [-0.1, -0.05) is 42.5 Å². The number of nitrogens with one attached hydrogen (secondary N) is 2. The van der Waals surface area contributed by atoms with Crippen molar-refractivity contribution < 1.29 is 37.4 Å². The van der Waals surface area contributed by atoms with E-state index in [2.05, 4.69) is 10.6 Å². The van der Waals surface area contributed by atoms with Crippen molar-refractivity contribution in [2.24, 2.45) is 0 Å². The van der Waals surface area contributed by atoms with Crippen LogP contribution in [0, 0.1) is 0 Å². The Labute approximate surface area is 229 Å². The Kier molecular flexibility index (Phi) is 10.1. The van der Waals surface area contributed by atoms with Crippen molar-refractivity contribution in [3.8, 4) is 16.9 Å². The number of urea groups is 1. The molecule has 0 aliphatic heterocycles. The molecule has 0 aromatic heterocycles. The molecule has 3 N–H and O–H groups in total. The molecule has 8 nitrogen and oxygen atoms in total. The van der Waals surface area contributed by atoms with Crippen LogP contribution >= 0.6 is 0 Å². The first-order valence-corrected chi connectivity index (χ1v) is 12.4. The van der Waals surface area contributed by atoms with Crippen molar-refractivity contribution in [1.82, 2.24) is 15.5 Å². The highest BCUT2D eigenvalue weighted by Gasteiger charge is 2.31. The van der Waals surface area contributed by atoms with Crippen molar-refractivity contribution in [3.63, 3.8) is 0 Å². The van der Waals surface area contributed by atoms with Gasteiger partial charge in [-0.05, 0) is 53.4 Å². The van der Waals surface area contributed by atoms with Gasteiger partial charge in [0.25, 0.3) is 0 Å². The summed E-state index contributed by atoms with van der Waals surface area (Å²) >= 11 is 0. The van der Waals surface area contributed by atoms with E-state index in [0.29, 0.717) is 22.4 Å². The Balaban J connectivity index is 1.96. The topological polar surface area (TPSA) is 108 Å². The molecule has 212 valence electrons. The summed E-state index contributed by atoms with van der Waals surface area (Å²) in [4.78, 5) is 37.3. The molecular formula is C29H30F3N3O5. The molecule has 0 bridgehead atoms. The highest BCUT2D eigenvalue weighted by atomic mass is 19.4. The Morgan fingerprint density at radius 1 is 0.925 bits per heavy atom. The minimum absolute atomic E-state index is 0.122. The lowest BCUT2D eigenvalue weighted by Crippen LogP contribution is -2.39. The first-order valence-electron chi connectivity index (χ1n) is 12.4. The molecule has 3 amide bonds. The Morgan fingerprint density at radius 2 is 1.65 bits per heavy atom. The number of carbonyl (C=O) groups excluding carboxylic acids is 2. The van der Waals surface area contributed by atoms with Gasteiger partial charge in [0.15, 0.2) is 0 Å². The third kappa shape index (κ3) is 8.23. The average molecular weight is 558 g/mol. The summed E-state index contributed by atoms with van der Waals surface area (Å²) in [6.07, 6.45) is -4.75. The van der Waals surface area contributed by atoms with Crippen molar-refractivity contribution in [3.05, 3.63) is 89.0 Å². The fraction of sp³-hybridized carbons (Fsp3) is 0.276. The minimum Gasteiger partial charge on any atom is -0.496 e. The van der Waals surface area contributed by atoms with E-state index in [4.69, 9.17) is 9.84 Å².